The highest BCUT2D eigenvalue weighted by atomic mass is 16.5. The van der Waals surface area contributed by atoms with E-state index in [1.165, 1.54) is 23.1 Å². The molecule has 0 unspecified atom stereocenters. The number of benzene rings is 1. The number of hydrogen-bond acceptors (Lipinski definition) is 7. The second kappa shape index (κ2) is 8.10. The molecule has 0 aliphatic carbocycles. The Morgan fingerprint density at radius 2 is 1.83 bits per heavy atom. The minimum absolute atomic E-state index is 0.101. The summed E-state index contributed by atoms with van der Waals surface area (Å²) in [7, 11) is 1.59. The van der Waals surface area contributed by atoms with Gasteiger partial charge in [0.15, 0.2) is 0 Å². The summed E-state index contributed by atoms with van der Waals surface area (Å²) in [5.74, 6) is 0.389. The van der Waals surface area contributed by atoms with Gasteiger partial charge in [-0.15, -0.1) is 0 Å². The van der Waals surface area contributed by atoms with Gasteiger partial charge in [-0.1, -0.05) is 0 Å². The zero-order valence-electron chi connectivity index (χ0n) is 17.3. The Balaban J connectivity index is 1.49. The van der Waals surface area contributed by atoms with Crippen molar-refractivity contribution in [3.05, 3.63) is 52.7 Å². The molecular weight excluding hydrogens is 384 g/mol. The molecule has 3 aromatic rings. The fourth-order valence-electron chi connectivity index (χ4n) is 3.62. The van der Waals surface area contributed by atoms with Gasteiger partial charge in [0, 0.05) is 37.9 Å². The van der Waals surface area contributed by atoms with Crippen molar-refractivity contribution in [1.29, 1.82) is 0 Å². The quantitative estimate of drug-likeness (QED) is 0.649. The number of carbonyl (C=O) groups is 1. The van der Waals surface area contributed by atoms with Gasteiger partial charge in [-0.05, 0) is 38.1 Å². The Morgan fingerprint density at radius 1 is 1.07 bits per heavy atom. The van der Waals surface area contributed by atoms with E-state index in [1.807, 2.05) is 32.0 Å². The van der Waals surface area contributed by atoms with Crippen LogP contribution in [-0.2, 0) is 0 Å². The number of nitrogens with zero attached hydrogens (tertiary/aromatic N) is 6. The Bertz CT molecular complexity index is 1140. The Labute approximate surface area is 173 Å². The van der Waals surface area contributed by atoms with Crippen LogP contribution in [0.4, 0.5) is 5.69 Å². The first kappa shape index (κ1) is 19.8. The van der Waals surface area contributed by atoms with E-state index in [9.17, 15) is 9.59 Å². The van der Waals surface area contributed by atoms with Crippen molar-refractivity contribution in [3.8, 4) is 5.88 Å². The molecule has 0 saturated carbocycles. The van der Waals surface area contributed by atoms with Gasteiger partial charge in [0.1, 0.15) is 12.0 Å². The van der Waals surface area contributed by atoms with Crippen molar-refractivity contribution in [1.82, 2.24) is 24.6 Å². The van der Waals surface area contributed by atoms with Crippen LogP contribution in [0.1, 0.15) is 30.4 Å². The molecule has 1 aliphatic heterocycles. The van der Waals surface area contributed by atoms with E-state index in [0.29, 0.717) is 37.8 Å². The van der Waals surface area contributed by atoms with Crippen molar-refractivity contribution in [2.24, 2.45) is 0 Å². The minimum atomic E-state index is -0.206. The maximum absolute atomic E-state index is 12.9. The van der Waals surface area contributed by atoms with Crippen molar-refractivity contribution < 1.29 is 9.53 Å². The smallest absolute Gasteiger partial charge is 0.274 e. The summed E-state index contributed by atoms with van der Waals surface area (Å²) >= 11 is 0. The number of rotatable bonds is 4. The molecule has 30 heavy (non-hydrogen) atoms. The maximum atomic E-state index is 12.9. The third-order valence-electron chi connectivity index (χ3n) is 5.24. The first-order valence-corrected chi connectivity index (χ1v) is 9.91. The molecule has 0 spiro atoms. The lowest BCUT2D eigenvalue weighted by Gasteiger charge is -2.36. The lowest BCUT2D eigenvalue weighted by atomic mass is 10.2. The van der Waals surface area contributed by atoms with Crippen molar-refractivity contribution in [2.45, 2.75) is 19.9 Å². The second-order valence-corrected chi connectivity index (χ2v) is 7.46. The molecule has 0 atom stereocenters. The van der Waals surface area contributed by atoms with E-state index < -0.39 is 0 Å². The number of anilines is 1. The highest BCUT2D eigenvalue weighted by molar-refractivity contribution is 5.92. The van der Waals surface area contributed by atoms with Crippen molar-refractivity contribution >= 4 is 22.5 Å². The molecule has 1 fully saturated rings. The average molecular weight is 408 g/mol. The van der Waals surface area contributed by atoms with Crippen LogP contribution in [0, 0.1) is 0 Å². The fourth-order valence-corrected chi connectivity index (χ4v) is 3.62. The topological polar surface area (TPSA) is 93.5 Å². The predicted octanol–water partition coefficient (Wildman–Crippen LogP) is 1.74. The van der Waals surface area contributed by atoms with E-state index in [4.69, 9.17) is 4.74 Å². The maximum Gasteiger partial charge on any atom is 0.274 e. The predicted molar refractivity (Wildman–Crippen MR) is 113 cm³/mol. The number of aromatic nitrogens is 4. The first-order chi connectivity index (χ1) is 14.5. The van der Waals surface area contributed by atoms with Gasteiger partial charge < -0.3 is 14.5 Å². The first-order valence-electron chi connectivity index (χ1n) is 9.91. The van der Waals surface area contributed by atoms with E-state index in [-0.39, 0.29) is 17.5 Å². The standard InChI is InChI=1S/C21H24N6O3/c1-14(2)27-19(28)7-6-18(24-27)21(29)26-10-8-25(9-11-26)15-4-5-17-16(12-15)20(30-3)23-13-22-17/h4-7,12-14H,8-11H2,1-3H3. The van der Waals surface area contributed by atoms with Gasteiger partial charge in [0.2, 0.25) is 5.88 Å². The molecule has 1 aliphatic rings. The van der Waals surface area contributed by atoms with Gasteiger partial charge in [0.05, 0.1) is 24.1 Å². The number of carbonyl (C=O) groups excluding carboxylic acids is 1. The molecule has 3 heterocycles. The normalized spacial score (nSPS) is 14.4. The van der Waals surface area contributed by atoms with Gasteiger partial charge in [-0.3, -0.25) is 9.59 Å². The third-order valence-corrected chi connectivity index (χ3v) is 5.24. The molecule has 9 heteroatoms. The molecule has 1 amide bonds. The van der Waals surface area contributed by atoms with Crippen molar-refractivity contribution in [3.63, 3.8) is 0 Å². The zero-order chi connectivity index (χ0) is 21.3. The number of piperazine rings is 1. The van der Waals surface area contributed by atoms with E-state index in [1.54, 1.807) is 12.0 Å². The molecular formula is C21H24N6O3. The largest absolute Gasteiger partial charge is 0.480 e. The summed E-state index contributed by atoms with van der Waals surface area (Å²) in [4.78, 5) is 37.2. The molecule has 0 N–H and O–H groups in total. The monoisotopic (exact) mass is 408 g/mol. The van der Waals surface area contributed by atoms with E-state index in [2.05, 4.69) is 20.0 Å². The summed E-state index contributed by atoms with van der Waals surface area (Å²) < 4.78 is 6.69. The average Bonchev–Trinajstić information content (AvgIpc) is 2.78. The van der Waals surface area contributed by atoms with E-state index in [0.717, 1.165) is 16.6 Å². The second-order valence-electron chi connectivity index (χ2n) is 7.46. The molecule has 0 radical (unpaired) electrons. The van der Waals surface area contributed by atoms with Gasteiger partial charge in [0.25, 0.3) is 11.5 Å². The number of hydrogen-bond donors (Lipinski definition) is 0. The molecule has 4 rings (SSSR count). The molecule has 0 bridgehead atoms. The number of methoxy groups -OCH3 is 1. The van der Waals surface area contributed by atoms with Gasteiger partial charge >= 0.3 is 0 Å². The van der Waals surface area contributed by atoms with Crippen LogP contribution in [0.15, 0.2) is 41.5 Å². The van der Waals surface area contributed by atoms with Gasteiger partial charge in [-0.2, -0.15) is 5.10 Å². The Hall–Kier alpha value is -3.49. The summed E-state index contributed by atoms with van der Waals surface area (Å²) in [6, 6.07) is 8.80. The lowest BCUT2D eigenvalue weighted by molar-refractivity contribution is 0.0737. The van der Waals surface area contributed by atoms with Crippen LogP contribution in [0.3, 0.4) is 0 Å². The highest BCUT2D eigenvalue weighted by Gasteiger charge is 2.24. The Kier molecular flexibility index (Phi) is 5.35. The number of fused-ring (bicyclic) bond motifs is 1. The fraction of sp³-hybridized carbons (Fsp3) is 0.381. The van der Waals surface area contributed by atoms with Crippen LogP contribution in [-0.4, -0.2) is 63.8 Å². The Morgan fingerprint density at radius 3 is 2.53 bits per heavy atom. The summed E-state index contributed by atoms with van der Waals surface area (Å²) in [6.45, 7) is 6.26. The third kappa shape index (κ3) is 3.70. The molecule has 1 aromatic carbocycles. The number of amides is 1. The molecule has 156 valence electrons. The number of ether oxygens (including phenoxy) is 1. The summed E-state index contributed by atoms with van der Waals surface area (Å²) in [5, 5.41) is 5.11. The van der Waals surface area contributed by atoms with Crippen LogP contribution in [0.5, 0.6) is 5.88 Å². The van der Waals surface area contributed by atoms with Crippen LogP contribution in [0.25, 0.3) is 10.9 Å². The summed E-state index contributed by atoms with van der Waals surface area (Å²) in [6.07, 6.45) is 1.49. The van der Waals surface area contributed by atoms with Crippen LogP contribution in [0.2, 0.25) is 0 Å². The zero-order valence-corrected chi connectivity index (χ0v) is 17.3. The van der Waals surface area contributed by atoms with Crippen molar-refractivity contribution in [2.75, 3.05) is 38.2 Å². The highest BCUT2D eigenvalue weighted by Crippen LogP contribution is 2.27. The minimum Gasteiger partial charge on any atom is -0.480 e. The lowest BCUT2D eigenvalue weighted by Crippen LogP contribution is -2.49. The SMILES string of the molecule is COc1ncnc2ccc(N3CCN(C(=O)c4ccc(=O)n(C(C)C)n4)CC3)cc12. The van der Waals surface area contributed by atoms with Gasteiger partial charge in [-0.25, -0.2) is 14.6 Å². The molecule has 9 nitrogen and oxygen atoms in total. The van der Waals surface area contributed by atoms with Crippen LogP contribution < -0.4 is 15.2 Å². The molecule has 1 saturated heterocycles. The molecule has 2 aromatic heterocycles. The van der Waals surface area contributed by atoms with Crippen LogP contribution >= 0.6 is 0 Å². The van der Waals surface area contributed by atoms with E-state index >= 15 is 0 Å². The summed E-state index contributed by atoms with van der Waals surface area (Å²) in [5.41, 5.74) is 1.95.